The van der Waals surface area contributed by atoms with E-state index in [0.29, 0.717) is 27.4 Å². The molecule has 5 nitrogen and oxygen atoms in total. The fourth-order valence-corrected chi connectivity index (χ4v) is 1.78. The second kappa shape index (κ2) is 5.39. The summed E-state index contributed by atoms with van der Waals surface area (Å²) in [4.78, 5) is 8.13. The van der Waals surface area contributed by atoms with Crippen molar-refractivity contribution in [2.24, 2.45) is 5.84 Å². The average molecular weight is 284 g/mol. The molecule has 0 aliphatic rings. The largest absolute Gasteiger partial charge is 0.339 e. The highest BCUT2D eigenvalue weighted by Crippen LogP contribution is 2.29. The number of nitrogens with zero attached hydrogens (tertiary/aromatic N) is 2. The topological polar surface area (TPSA) is 75.9 Å². The molecule has 2 aromatic rings. The fraction of sp³-hybridized carbons (Fsp3) is 0.0909. The highest BCUT2D eigenvalue weighted by Gasteiger charge is 2.08. The van der Waals surface area contributed by atoms with E-state index in [4.69, 9.17) is 29.0 Å². The van der Waals surface area contributed by atoms with Gasteiger partial charge in [0, 0.05) is 10.6 Å². The normalized spacial score (nSPS) is 10.2. The molecule has 0 saturated carbocycles. The van der Waals surface area contributed by atoms with Gasteiger partial charge in [-0.3, -0.25) is 0 Å². The third kappa shape index (κ3) is 2.64. The van der Waals surface area contributed by atoms with Crippen LogP contribution in [0.2, 0.25) is 10.0 Å². The van der Waals surface area contributed by atoms with Gasteiger partial charge in [0.25, 0.3) is 0 Å². The van der Waals surface area contributed by atoms with E-state index in [1.807, 2.05) is 6.92 Å². The zero-order valence-electron chi connectivity index (χ0n) is 9.54. The number of anilines is 3. The van der Waals surface area contributed by atoms with E-state index in [0.717, 1.165) is 5.56 Å². The summed E-state index contributed by atoms with van der Waals surface area (Å²) in [6.45, 7) is 1.84. The molecule has 0 spiro atoms. The Morgan fingerprint density at radius 1 is 1.17 bits per heavy atom. The lowest BCUT2D eigenvalue weighted by molar-refractivity contribution is 1.11. The third-order valence-electron chi connectivity index (χ3n) is 2.40. The molecule has 0 radical (unpaired) electrons. The molecule has 0 saturated heterocycles. The Bertz CT molecular complexity index is 573. The number of hydrogen-bond donors (Lipinski definition) is 3. The molecule has 7 heteroatoms. The monoisotopic (exact) mass is 283 g/mol. The number of rotatable bonds is 3. The van der Waals surface area contributed by atoms with E-state index in [2.05, 4.69) is 20.7 Å². The lowest BCUT2D eigenvalue weighted by Crippen LogP contribution is -2.11. The van der Waals surface area contributed by atoms with Gasteiger partial charge in [0.05, 0.1) is 10.7 Å². The van der Waals surface area contributed by atoms with E-state index in [9.17, 15) is 0 Å². The van der Waals surface area contributed by atoms with Crippen LogP contribution in [0, 0.1) is 6.92 Å². The quantitative estimate of drug-likeness (QED) is 0.596. The van der Waals surface area contributed by atoms with Crippen molar-refractivity contribution < 1.29 is 0 Å². The number of hydrazine groups is 1. The van der Waals surface area contributed by atoms with Gasteiger partial charge in [0.2, 0.25) is 0 Å². The first-order valence-electron chi connectivity index (χ1n) is 5.12. The van der Waals surface area contributed by atoms with Crippen molar-refractivity contribution in [3.05, 3.63) is 40.1 Å². The maximum absolute atomic E-state index is 6.07. The van der Waals surface area contributed by atoms with Crippen LogP contribution in [0.3, 0.4) is 0 Å². The first-order valence-corrected chi connectivity index (χ1v) is 5.87. The van der Waals surface area contributed by atoms with Gasteiger partial charge < -0.3 is 10.7 Å². The van der Waals surface area contributed by atoms with Crippen molar-refractivity contribution in [1.29, 1.82) is 0 Å². The van der Waals surface area contributed by atoms with E-state index in [1.54, 1.807) is 18.2 Å². The first kappa shape index (κ1) is 12.9. The summed E-state index contributed by atoms with van der Waals surface area (Å²) in [7, 11) is 0. The van der Waals surface area contributed by atoms with Crippen LogP contribution >= 0.6 is 23.2 Å². The Kier molecular flexibility index (Phi) is 3.86. The van der Waals surface area contributed by atoms with Gasteiger partial charge in [-0.1, -0.05) is 23.2 Å². The zero-order valence-corrected chi connectivity index (χ0v) is 11.0. The minimum atomic E-state index is 0.547. The average Bonchev–Trinajstić information content (AvgIpc) is 2.36. The molecule has 4 N–H and O–H groups in total. The first-order chi connectivity index (χ1) is 8.61. The van der Waals surface area contributed by atoms with Gasteiger partial charge in [-0.2, -0.15) is 0 Å². The molecule has 0 unspecified atom stereocenters. The number of benzene rings is 1. The van der Waals surface area contributed by atoms with E-state index >= 15 is 0 Å². The van der Waals surface area contributed by atoms with Crippen molar-refractivity contribution in [2.75, 3.05) is 10.7 Å². The standard InChI is InChI=1S/C11H11Cl2N5/c1-6-10(15-5-16-11(6)18-14)17-9-4-7(12)2-3-8(9)13/h2-5H,14H2,1H3,(H2,15,16,17,18). The highest BCUT2D eigenvalue weighted by molar-refractivity contribution is 6.35. The van der Waals surface area contributed by atoms with E-state index in [1.165, 1.54) is 6.33 Å². The maximum atomic E-state index is 6.07. The van der Waals surface area contributed by atoms with Crippen molar-refractivity contribution in [2.45, 2.75) is 6.92 Å². The van der Waals surface area contributed by atoms with Crippen molar-refractivity contribution in [3.8, 4) is 0 Å². The minimum Gasteiger partial charge on any atom is -0.339 e. The molecule has 0 aliphatic carbocycles. The second-order valence-electron chi connectivity index (χ2n) is 3.59. The van der Waals surface area contributed by atoms with Crippen LogP contribution in [0.4, 0.5) is 17.3 Å². The zero-order chi connectivity index (χ0) is 13.1. The lowest BCUT2D eigenvalue weighted by Gasteiger charge is -2.12. The summed E-state index contributed by atoms with van der Waals surface area (Å²) in [5.41, 5.74) is 3.96. The molecule has 0 fully saturated rings. The Labute approximate surface area is 114 Å². The molecule has 2 rings (SSSR count). The Balaban J connectivity index is 2.37. The summed E-state index contributed by atoms with van der Waals surface area (Å²) >= 11 is 12.0. The van der Waals surface area contributed by atoms with Crippen LogP contribution in [-0.4, -0.2) is 9.97 Å². The predicted octanol–water partition coefficient (Wildman–Crippen LogP) is 3.12. The smallest absolute Gasteiger partial charge is 0.148 e. The number of aromatic nitrogens is 2. The van der Waals surface area contributed by atoms with Crippen molar-refractivity contribution in [3.63, 3.8) is 0 Å². The molecule has 1 heterocycles. The summed E-state index contributed by atoms with van der Waals surface area (Å²) in [6, 6.07) is 5.15. The lowest BCUT2D eigenvalue weighted by atomic mass is 10.2. The van der Waals surface area contributed by atoms with Crippen molar-refractivity contribution in [1.82, 2.24) is 9.97 Å². The van der Waals surface area contributed by atoms with Crippen LogP contribution in [0.25, 0.3) is 0 Å². The summed E-state index contributed by atoms with van der Waals surface area (Å²) in [6.07, 6.45) is 1.41. The molecule has 1 aromatic carbocycles. The molecule has 94 valence electrons. The van der Waals surface area contributed by atoms with Crippen LogP contribution in [0.5, 0.6) is 0 Å². The van der Waals surface area contributed by atoms with E-state index in [-0.39, 0.29) is 0 Å². The Morgan fingerprint density at radius 2 is 1.89 bits per heavy atom. The summed E-state index contributed by atoms with van der Waals surface area (Å²) < 4.78 is 0. The number of nitrogens with one attached hydrogen (secondary N) is 2. The number of hydrogen-bond acceptors (Lipinski definition) is 5. The molecular formula is C11H11Cl2N5. The molecule has 0 amide bonds. The molecule has 18 heavy (non-hydrogen) atoms. The van der Waals surface area contributed by atoms with Crippen molar-refractivity contribution >= 4 is 40.5 Å². The van der Waals surface area contributed by atoms with Crippen LogP contribution in [-0.2, 0) is 0 Å². The van der Waals surface area contributed by atoms with Crippen LogP contribution in [0.15, 0.2) is 24.5 Å². The molecule has 0 atom stereocenters. The van der Waals surface area contributed by atoms with Gasteiger partial charge >= 0.3 is 0 Å². The number of halogens is 2. The van der Waals surface area contributed by atoms with Gasteiger partial charge in [-0.25, -0.2) is 15.8 Å². The highest BCUT2D eigenvalue weighted by atomic mass is 35.5. The van der Waals surface area contributed by atoms with Gasteiger partial charge in [0.1, 0.15) is 18.0 Å². The predicted molar refractivity (Wildman–Crippen MR) is 74.3 cm³/mol. The van der Waals surface area contributed by atoms with Gasteiger partial charge in [-0.15, -0.1) is 0 Å². The fourth-order valence-electron chi connectivity index (χ4n) is 1.44. The minimum absolute atomic E-state index is 0.547. The summed E-state index contributed by atoms with van der Waals surface area (Å²) in [5, 5.41) is 4.24. The molecular weight excluding hydrogens is 273 g/mol. The summed E-state index contributed by atoms with van der Waals surface area (Å²) in [5.74, 6) is 6.51. The number of nitrogens with two attached hydrogens (primary N) is 1. The second-order valence-corrected chi connectivity index (χ2v) is 4.43. The van der Waals surface area contributed by atoms with E-state index < -0.39 is 0 Å². The maximum Gasteiger partial charge on any atom is 0.148 e. The van der Waals surface area contributed by atoms with Gasteiger partial charge in [0.15, 0.2) is 0 Å². The SMILES string of the molecule is Cc1c(NN)ncnc1Nc1cc(Cl)ccc1Cl. The van der Waals surface area contributed by atoms with Crippen LogP contribution < -0.4 is 16.6 Å². The third-order valence-corrected chi connectivity index (χ3v) is 2.97. The Hall–Kier alpha value is -1.56. The van der Waals surface area contributed by atoms with Gasteiger partial charge in [-0.05, 0) is 25.1 Å². The molecule has 0 bridgehead atoms. The number of nitrogen functional groups attached to an aromatic ring is 1. The molecule has 0 aliphatic heterocycles. The Morgan fingerprint density at radius 3 is 2.61 bits per heavy atom. The molecule has 1 aromatic heterocycles. The van der Waals surface area contributed by atoms with Crippen LogP contribution in [0.1, 0.15) is 5.56 Å².